The molecule has 0 aliphatic carbocycles. The number of halogens is 1. The summed E-state index contributed by atoms with van der Waals surface area (Å²) in [4.78, 5) is 28.3. The Hall–Kier alpha value is -2.70. The van der Waals surface area contributed by atoms with Crippen LogP contribution in [0.2, 0.25) is 0 Å². The molecule has 0 saturated carbocycles. The Kier molecular flexibility index (Phi) is 5.88. The van der Waals surface area contributed by atoms with E-state index in [1.165, 1.54) is 12.1 Å². The normalized spacial score (nSPS) is 17.2. The number of benzene rings is 1. The SMILES string of the molecule is Cc1cc(CN(C)C(=O)[C@H]2CCC(=O)N(CCc3cccc(F)c3)C2)on1. The highest BCUT2D eigenvalue weighted by Crippen LogP contribution is 2.21. The fourth-order valence-electron chi connectivity index (χ4n) is 3.40. The maximum atomic E-state index is 13.3. The third-order valence-corrected chi connectivity index (χ3v) is 4.85. The zero-order chi connectivity index (χ0) is 19.4. The molecule has 1 atom stereocenters. The second-order valence-corrected chi connectivity index (χ2v) is 7.08. The Morgan fingerprint density at radius 1 is 1.41 bits per heavy atom. The van der Waals surface area contributed by atoms with Crippen LogP contribution in [0.25, 0.3) is 0 Å². The van der Waals surface area contributed by atoms with Crippen LogP contribution in [0.1, 0.15) is 29.9 Å². The number of carbonyl (C=O) groups excluding carboxylic acids is 2. The van der Waals surface area contributed by atoms with Crippen molar-refractivity contribution >= 4 is 11.8 Å². The molecular formula is C20H24FN3O3. The zero-order valence-electron chi connectivity index (χ0n) is 15.7. The van der Waals surface area contributed by atoms with E-state index in [9.17, 15) is 14.0 Å². The maximum absolute atomic E-state index is 13.3. The summed E-state index contributed by atoms with van der Waals surface area (Å²) in [5.41, 5.74) is 1.62. The Morgan fingerprint density at radius 3 is 2.93 bits per heavy atom. The smallest absolute Gasteiger partial charge is 0.227 e. The van der Waals surface area contributed by atoms with Crippen molar-refractivity contribution in [3.05, 3.63) is 53.2 Å². The van der Waals surface area contributed by atoms with Gasteiger partial charge in [-0.3, -0.25) is 9.59 Å². The van der Waals surface area contributed by atoms with Crippen molar-refractivity contribution in [3.63, 3.8) is 0 Å². The van der Waals surface area contributed by atoms with Gasteiger partial charge < -0.3 is 14.3 Å². The fourth-order valence-corrected chi connectivity index (χ4v) is 3.40. The number of hydrogen-bond donors (Lipinski definition) is 0. The standard InChI is InChI=1S/C20H24FN3O3/c1-14-10-18(27-22-14)13-23(2)20(26)16-6-7-19(25)24(12-16)9-8-15-4-3-5-17(21)11-15/h3-5,10-11,16H,6-9,12-13H2,1-2H3/t16-/m0/s1. The Bertz CT molecular complexity index is 820. The maximum Gasteiger partial charge on any atom is 0.227 e. The van der Waals surface area contributed by atoms with Crippen LogP contribution >= 0.6 is 0 Å². The van der Waals surface area contributed by atoms with Crippen molar-refractivity contribution in [2.24, 2.45) is 5.92 Å². The lowest BCUT2D eigenvalue weighted by molar-refractivity contribution is -0.142. The van der Waals surface area contributed by atoms with Gasteiger partial charge in [0, 0.05) is 32.6 Å². The lowest BCUT2D eigenvalue weighted by Gasteiger charge is -2.33. The molecule has 27 heavy (non-hydrogen) atoms. The molecule has 2 heterocycles. The van der Waals surface area contributed by atoms with Crippen molar-refractivity contribution in [1.29, 1.82) is 0 Å². The molecule has 1 saturated heterocycles. The first-order chi connectivity index (χ1) is 12.9. The minimum atomic E-state index is -0.283. The highest BCUT2D eigenvalue weighted by molar-refractivity contribution is 5.83. The van der Waals surface area contributed by atoms with Crippen molar-refractivity contribution in [2.45, 2.75) is 32.7 Å². The molecule has 3 rings (SSSR count). The van der Waals surface area contributed by atoms with Gasteiger partial charge in [0.2, 0.25) is 11.8 Å². The monoisotopic (exact) mass is 373 g/mol. The molecule has 2 aromatic rings. The summed E-state index contributed by atoms with van der Waals surface area (Å²) >= 11 is 0. The fraction of sp³-hybridized carbons (Fsp3) is 0.450. The zero-order valence-corrected chi connectivity index (χ0v) is 15.7. The number of aryl methyl sites for hydroxylation is 1. The van der Waals surface area contributed by atoms with E-state index < -0.39 is 0 Å². The highest BCUT2D eigenvalue weighted by atomic mass is 19.1. The minimum absolute atomic E-state index is 0.00712. The first-order valence-electron chi connectivity index (χ1n) is 9.12. The lowest BCUT2D eigenvalue weighted by atomic mass is 9.95. The van der Waals surface area contributed by atoms with Crippen LogP contribution in [-0.2, 0) is 22.6 Å². The first kappa shape index (κ1) is 19.1. The van der Waals surface area contributed by atoms with Gasteiger partial charge in [0.1, 0.15) is 5.82 Å². The third-order valence-electron chi connectivity index (χ3n) is 4.85. The van der Waals surface area contributed by atoms with E-state index in [1.54, 1.807) is 29.0 Å². The van der Waals surface area contributed by atoms with Gasteiger partial charge in [0.25, 0.3) is 0 Å². The summed E-state index contributed by atoms with van der Waals surface area (Å²) in [5.74, 6) is 0.161. The molecule has 1 aliphatic rings. The minimum Gasteiger partial charge on any atom is -0.359 e. The van der Waals surface area contributed by atoms with E-state index in [0.717, 1.165) is 11.3 Å². The molecule has 0 N–H and O–H groups in total. The van der Waals surface area contributed by atoms with Gasteiger partial charge in [-0.2, -0.15) is 0 Å². The summed E-state index contributed by atoms with van der Waals surface area (Å²) in [5, 5.41) is 3.83. The molecule has 1 fully saturated rings. The van der Waals surface area contributed by atoms with Crippen molar-refractivity contribution in [3.8, 4) is 0 Å². The molecule has 0 spiro atoms. The number of piperidine rings is 1. The van der Waals surface area contributed by atoms with E-state index in [2.05, 4.69) is 5.16 Å². The number of nitrogens with zero attached hydrogens (tertiary/aromatic N) is 3. The number of amides is 2. The first-order valence-corrected chi connectivity index (χ1v) is 9.12. The van der Waals surface area contributed by atoms with Crippen LogP contribution in [0, 0.1) is 18.7 Å². The van der Waals surface area contributed by atoms with Crippen molar-refractivity contribution in [2.75, 3.05) is 20.1 Å². The Labute approximate surface area is 157 Å². The average Bonchev–Trinajstić information content (AvgIpc) is 3.05. The predicted molar refractivity (Wildman–Crippen MR) is 97.1 cm³/mol. The molecule has 7 heteroatoms. The molecule has 0 bridgehead atoms. The van der Waals surface area contributed by atoms with Crippen LogP contribution in [0.5, 0.6) is 0 Å². The largest absolute Gasteiger partial charge is 0.359 e. The quantitative estimate of drug-likeness (QED) is 0.781. The van der Waals surface area contributed by atoms with Gasteiger partial charge in [-0.05, 0) is 37.5 Å². The van der Waals surface area contributed by atoms with Gasteiger partial charge in [-0.15, -0.1) is 0 Å². The molecule has 6 nitrogen and oxygen atoms in total. The number of aromatic nitrogens is 1. The lowest BCUT2D eigenvalue weighted by Crippen LogP contribution is -2.46. The van der Waals surface area contributed by atoms with Crippen LogP contribution in [-0.4, -0.2) is 46.9 Å². The van der Waals surface area contributed by atoms with E-state index >= 15 is 0 Å². The summed E-state index contributed by atoms with van der Waals surface area (Å²) < 4.78 is 18.5. The van der Waals surface area contributed by atoms with Crippen LogP contribution in [0.3, 0.4) is 0 Å². The van der Waals surface area contributed by atoms with E-state index in [0.29, 0.717) is 44.7 Å². The number of carbonyl (C=O) groups is 2. The number of likely N-dealkylation sites (tertiary alicyclic amines) is 1. The second kappa shape index (κ2) is 8.33. The van der Waals surface area contributed by atoms with E-state index in [4.69, 9.17) is 4.52 Å². The van der Waals surface area contributed by atoms with Gasteiger partial charge in [0.15, 0.2) is 5.76 Å². The van der Waals surface area contributed by atoms with Gasteiger partial charge in [-0.25, -0.2) is 4.39 Å². The number of hydrogen-bond acceptors (Lipinski definition) is 4. The highest BCUT2D eigenvalue weighted by Gasteiger charge is 2.31. The van der Waals surface area contributed by atoms with Gasteiger partial charge >= 0.3 is 0 Å². The van der Waals surface area contributed by atoms with Crippen LogP contribution in [0.4, 0.5) is 4.39 Å². The summed E-state index contributed by atoms with van der Waals surface area (Å²) in [7, 11) is 1.73. The molecule has 0 radical (unpaired) electrons. The van der Waals surface area contributed by atoms with Gasteiger partial charge in [-0.1, -0.05) is 17.3 Å². The molecule has 1 aromatic heterocycles. The van der Waals surface area contributed by atoms with Crippen molar-refractivity contribution in [1.82, 2.24) is 15.0 Å². The van der Waals surface area contributed by atoms with Crippen LogP contribution in [0.15, 0.2) is 34.9 Å². The van der Waals surface area contributed by atoms with Crippen LogP contribution < -0.4 is 0 Å². The average molecular weight is 373 g/mol. The molecule has 144 valence electrons. The van der Waals surface area contributed by atoms with E-state index in [1.807, 2.05) is 13.0 Å². The molecule has 2 amide bonds. The summed E-state index contributed by atoms with van der Waals surface area (Å²) in [6, 6.07) is 8.18. The topological polar surface area (TPSA) is 66.7 Å². The summed E-state index contributed by atoms with van der Waals surface area (Å²) in [6.07, 6.45) is 1.47. The molecule has 0 unspecified atom stereocenters. The second-order valence-electron chi connectivity index (χ2n) is 7.08. The van der Waals surface area contributed by atoms with Gasteiger partial charge in [0.05, 0.1) is 18.2 Å². The molecule has 1 aliphatic heterocycles. The predicted octanol–water partition coefficient (Wildman–Crippen LogP) is 2.56. The number of rotatable bonds is 6. The third kappa shape index (κ3) is 4.93. The van der Waals surface area contributed by atoms with E-state index in [-0.39, 0.29) is 23.5 Å². The Morgan fingerprint density at radius 2 is 2.22 bits per heavy atom. The Balaban J connectivity index is 1.56. The van der Waals surface area contributed by atoms with Crippen molar-refractivity contribution < 1.29 is 18.5 Å². The molecular weight excluding hydrogens is 349 g/mol. The summed E-state index contributed by atoms with van der Waals surface area (Å²) in [6.45, 7) is 3.06. The molecule has 1 aromatic carbocycles.